The lowest BCUT2D eigenvalue weighted by Gasteiger charge is -2.21. The number of aromatic hydroxyl groups is 1. The molecule has 0 atom stereocenters. The number of hydrogen-bond donors (Lipinski definition) is 2. The zero-order valence-corrected chi connectivity index (χ0v) is 13.4. The van der Waals surface area contributed by atoms with E-state index in [1.54, 1.807) is 12.1 Å². The third-order valence-electron chi connectivity index (χ3n) is 3.83. The summed E-state index contributed by atoms with van der Waals surface area (Å²) in [4.78, 5) is 36.1. The molecule has 0 aromatic heterocycles. The van der Waals surface area contributed by atoms with Crippen LogP contribution in [0.25, 0.3) is 0 Å². The minimum Gasteiger partial charge on any atom is -0.507 e. The van der Waals surface area contributed by atoms with Crippen LogP contribution in [0.15, 0.2) is 30.3 Å². The number of nitrogens with two attached hydrogens (primary N) is 1. The molecule has 0 saturated carbocycles. The van der Waals surface area contributed by atoms with Gasteiger partial charge in [0.05, 0.1) is 16.8 Å². The molecule has 7 nitrogen and oxygen atoms in total. The summed E-state index contributed by atoms with van der Waals surface area (Å²) in [6.07, 6.45) is 0. The number of rotatable bonds is 4. The fourth-order valence-electron chi connectivity index (χ4n) is 2.73. The molecule has 0 aliphatic heterocycles. The summed E-state index contributed by atoms with van der Waals surface area (Å²) >= 11 is 0. The number of phenolic OH excluding ortho intramolecular Hbond substituents is 1. The van der Waals surface area contributed by atoms with Gasteiger partial charge in [0.25, 0.3) is 0 Å². The molecule has 0 radical (unpaired) electrons. The smallest absolute Gasteiger partial charge is 0.302 e. The minimum atomic E-state index is -0.471. The van der Waals surface area contributed by atoms with Gasteiger partial charge < -0.3 is 20.3 Å². The zero-order chi connectivity index (χ0) is 18.1. The topological polar surface area (TPSA) is 116 Å². The highest BCUT2D eigenvalue weighted by Gasteiger charge is 2.35. The SMILES string of the molecule is CC(=O)OCCOc1cc(O)c2c(c1N)C(=O)c1ccccc1C2=O. The molecule has 0 spiro atoms. The maximum atomic E-state index is 12.7. The lowest BCUT2D eigenvalue weighted by atomic mass is 9.82. The van der Waals surface area contributed by atoms with Gasteiger partial charge in [-0.2, -0.15) is 0 Å². The molecule has 0 unspecified atom stereocenters. The Balaban J connectivity index is 2.00. The summed E-state index contributed by atoms with van der Waals surface area (Å²) in [5, 5.41) is 10.2. The van der Waals surface area contributed by atoms with Crippen molar-refractivity contribution in [1.29, 1.82) is 0 Å². The third-order valence-corrected chi connectivity index (χ3v) is 3.83. The van der Waals surface area contributed by atoms with Crippen LogP contribution in [0.1, 0.15) is 38.8 Å². The van der Waals surface area contributed by atoms with Crippen molar-refractivity contribution in [3.05, 3.63) is 52.6 Å². The molecule has 3 rings (SSSR count). The van der Waals surface area contributed by atoms with E-state index in [2.05, 4.69) is 0 Å². The van der Waals surface area contributed by atoms with Gasteiger partial charge in [-0.3, -0.25) is 14.4 Å². The number of esters is 1. The lowest BCUT2D eigenvalue weighted by molar-refractivity contribution is -0.141. The van der Waals surface area contributed by atoms with Gasteiger partial charge in [-0.25, -0.2) is 0 Å². The molecule has 3 N–H and O–H groups in total. The fourth-order valence-corrected chi connectivity index (χ4v) is 2.73. The van der Waals surface area contributed by atoms with Crippen LogP contribution in [-0.2, 0) is 9.53 Å². The van der Waals surface area contributed by atoms with Crippen molar-refractivity contribution in [2.24, 2.45) is 0 Å². The van der Waals surface area contributed by atoms with E-state index in [0.717, 1.165) is 0 Å². The summed E-state index contributed by atoms with van der Waals surface area (Å²) in [6.45, 7) is 1.24. The van der Waals surface area contributed by atoms with E-state index in [-0.39, 0.29) is 52.7 Å². The van der Waals surface area contributed by atoms with E-state index in [0.29, 0.717) is 0 Å². The third kappa shape index (κ3) is 2.80. The second kappa shape index (κ2) is 6.27. The summed E-state index contributed by atoms with van der Waals surface area (Å²) in [5.41, 5.74) is 6.21. The van der Waals surface area contributed by atoms with Crippen LogP contribution in [-0.4, -0.2) is 35.9 Å². The fraction of sp³-hybridized carbons (Fsp3) is 0.167. The van der Waals surface area contributed by atoms with E-state index in [9.17, 15) is 19.5 Å². The van der Waals surface area contributed by atoms with Gasteiger partial charge in [-0.05, 0) is 0 Å². The normalized spacial score (nSPS) is 12.4. The van der Waals surface area contributed by atoms with Crippen molar-refractivity contribution >= 4 is 23.2 Å². The Morgan fingerprint density at radius 2 is 1.68 bits per heavy atom. The number of fused-ring (bicyclic) bond motifs is 2. The van der Waals surface area contributed by atoms with Crippen LogP contribution >= 0.6 is 0 Å². The first-order chi connectivity index (χ1) is 11.9. The van der Waals surface area contributed by atoms with E-state index < -0.39 is 17.5 Å². The van der Waals surface area contributed by atoms with Crippen molar-refractivity contribution in [2.45, 2.75) is 6.92 Å². The van der Waals surface area contributed by atoms with E-state index in [1.807, 2.05) is 0 Å². The van der Waals surface area contributed by atoms with Gasteiger partial charge in [0.15, 0.2) is 11.6 Å². The lowest BCUT2D eigenvalue weighted by Crippen LogP contribution is -2.23. The standard InChI is InChI=1S/C18H15NO6/c1-9(20)24-6-7-25-13-8-12(21)14-15(16(13)19)18(23)11-5-3-2-4-10(11)17(14)22/h2-5,8,21H,6-7,19H2,1H3. The largest absolute Gasteiger partial charge is 0.507 e. The van der Waals surface area contributed by atoms with Crippen LogP contribution in [0, 0.1) is 0 Å². The van der Waals surface area contributed by atoms with Gasteiger partial charge in [-0.15, -0.1) is 0 Å². The summed E-state index contributed by atoms with van der Waals surface area (Å²) in [5.74, 6) is -1.73. The van der Waals surface area contributed by atoms with Gasteiger partial charge in [0.1, 0.15) is 24.7 Å². The highest BCUT2D eigenvalue weighted by atomic mass is 16.6. The van der Waals surface area contributed by atoms with Gasteiger partial charge in [-0.1, -0.05) is 24.3 Å². The van der Waals surface area contributed by atoms with Crippen molar-refractivity contribution < 1.29 is 29.0 Å². The second-order valence-corrected chi connectivity index (χ2v) is 5.45. The maximum Gasteiger partial charge on any atom is 0.302 e. The Kier molecular flexibility index (Phi) is 4.14. The number of ether oxygens (including phenoxy) is 2. The molecule has 1 aliphatic rings. The number of ketones is 2. The highest BCUT2D eigenvalue weighted by Crippen LogP contribution is 2.41. The molecule has 7 heteroatoms. The second-order valence-electron chi connectivity index (χ2n) is 5.45. The quantitative estimate of drug-likeness (QED) is 0.321. The Bertz CT molecular complexity index is 903. The Morgan fingerprint density at radius 1 is 1.08 bits per heavy atom. The predicted octanol–water partition coefficient (Wildman–Crippen LogP) is 1.69. The zero-order valence-electron chi connectivity index (χ0n) is 13.4. The molecular weight excluding hydrogens is 326 g/mol. The first kappa shape index (κ1) is 16.5. The van der Waals surface area contributed by atoms with Crippen molar-refractivity contribution in [1.82, 2.24) is 0 Å². The van der Waals surface area contributed by atoms with Crippen molar-refractivity contribution in [2.75, 3.05) is 18.9 Å². The molecule has 2 aromatic rings. The average molecular weight is 341 g/mol. The molecule has 128 valence electrons. The molecule has 0 saturated heterocycles. The monoisotopic (exact) mass is 341 g/mol. The molecule has 25 heavy (non-hydrogen) atoms. The first-order valence-corrected chi connectivity index (χ1v) is 7.51. The number of carbonyl (C=O) groups is 3. The number of carbonyl (C=O) groups excluding carboxylic acids is 3. The van der Waals surface area contributed by atoms with Crippen LogP contribution in [0.4, 0.5) is 5.69 Å². The highest BCUT2D eigenvalue weighted by molar-refractivity contribution is 6.31. The molecular formula is C18H15NO6. The van der Waals surface area contributed by atoms with E-state index in [4.69, 9.17) is 15.2 Å². The first-order valence-electron chi connectivity index (χ1n) is 7.51. The number of anilines is 1. The molecule has 2 aromatic carbocycles. The van der Waals surface area contributed by atoms with Crippen LogP contribution in [0.3, 0.4) is 0 Å². The summed E-state index contributed by atoms with van der Waals surface area (Å²) < 4.78 is 10.1. The molecule has 0 bridgehead atoms. The number of phenols is 1. The Hall–Kier alpha value is -3.35. The van der Waals surface area contributed by atoms with E-state index in [1.165, 1.54) is 25.1 Å². The number of hydrogen-bond acceptors (Lipinski definition) is 7. The number of nitrogen functional groups attached to an aromatic ring is 1. The van der Waals surface area contributed by atoms with Crippen LogP contribution < -0.4 is 10.5 Å². The number of benzene rings is 2. The van der Waals surface area contributed by atoms with Crippen LogP contribution in [0.5, 0.6) is 11.5 Å². The molecule has 0 heterocycles. The van der Waals surface area contributed by atoms with Crippen molar-refractivity contribution in [3.8, 4) is 11.5 Å². The maximum absolute atomic E-state index is 12.7. The molecule has 0 fully saturated rings. The predicted molar refractivity (Wildman–Crippen MR) is 88.0 cm³/mol. The van der Waals surface area contributed by atoms with E-state index >= 15 is 0 Å². The molecule has 0 amide bonds. The van der Waals surface area contributed by atoms with Gasteiger partial charge >= 0.3 is 5.97 Å². The average Bonchev–Trinajstić information content (AvgIpc) is 2.58. The van der Waals surface area contributed by atoms with Crippen molar-refractivity contribution in [3.63, 3.8) is 0 Å². The molecule has 1 aliphatic carbocycles. The van der Waals surface area contributed by atoms with Gasteiger partial charge in [0.2, 0.25) is 0 Å². The van der Waals surface area contributed by atoms with Crippen LogP contribution in [0.2, 0.25) is 0 Å². The minimum absolute atomic E-state index is 0.0116. The summed E-state index contributed by atoms with van der Waals surface area (Å²) in [7, 11) is 0. The summed E-state index contributed by atoms with van der Waals surface area (Å²) in [6, 6.07) is 7.52. The Morgan fingerprint density at radius 3 is 2.28 bits per heavy atom. The van der Waals surface area contributed by atoms with Gasteiger partial charge in [0, 0.05) is 24.1 Å². The Labute approximate surface area is 143 Å².